The highest BCUT2D eigenvalue weighted by Crippen LogP contribution is 2.20. The number of benzene rings is 2. The molecule has 0 aliphatic carbocycles. The van der Waals surface area contributed by atoms with Crippen molar-refractivity contribution in [2.45, 2.75) is 38.1 Å². The van der Waals surface area contributed by atoms with Crippen LogP contribution in [-0.2, 0) is 30.3 Å². The van der Waals surface area contributed by atoms with Crippen molar-refractivity contribution >= 4 is 17.8 Å². The number of ether oxygens (including phenoxy) is 2. The first-order valence-electron chi connectivity index (χ1n) is 10.3. The Morgan fingerprint density at radius 3 is 2.23 bits per heavy atom. The van der Waals surface area contributed by atoms with Crippen LogP contribution in [0.5, 0.6) is 0 Å². The molecular weight excluding hydrogens is 398 g/mol. The number of esters is 1. The van der Waals surface area contributed by atoms with Gasteiger partial charge in [0.1, 0.15) is 6.61 Å². The molecule has 2 rings (SSSR count). The van der Waals surface area contributed by atoms with E-state index in [-0.39, 0.29) is 43.8 Å². The highest BCUT2D eigenvalue weighted by molar-refractivity contribution is 5.81. The Kier molecular flexibility index (Phi) is 10.2. The van der Waals surface area contributed by atoms with E-state index in [2.05, 4.69) is 5.32 Å². The number of carboxylic acids is 1. The van der Waals surface area contributed by atoms with E-state index >= 15 is 0 Å². The maximum atomic E-state index is 12.1. The largest absolute Gasteiger partial charge is 0.481 e. The average Bonchev–Trinajstić information content (AvgIpc) is 2.77. The lowest BCUT2D eigenvalue weighted by atomic mass is 9.98. The van der Waals surface area contributed by atoms with E-state index in [0.29, 0.717) is 19.4 Å². The van der Waals surface area contributed by atoms with Gasteiger partial charge >= 0.3 is 11.9 Å². The zero-order valence-electron chi connectivity index (χ0n) is 17.7. The summed E-state index contributed by atoms with van der Waals surface area (Å²) in [5.41, 5.74) is 3.22. The molecule has 0 heterocycles. The Bertz CT molecular complexity index is 835. The molecule has 7 heteroatoms. The maximum absolute atomic E-state index is 12.1. The fraction of sp³-hybridized carbons (Fsp3) is 0.375. The third-order valence-electron chi connectivity index (χ3n) is 4.72. The van der Waals surface area contributed by atoms with E-state index in [9.17, 15) is 14.4 Å². The van der Waals surface area contributed by atoms with E-state index < -0.39 is 5.97 Å². The van der Waals surface area contributed by atoms with Gasteiger partial charge in [-0.3, -0.25) is 14.4 Å². The van der Waals surface area contributed by atoms with Crippen LogP contribution in [0.25, 0.3) is 11.1 Å². The number of nitrogens with one attached hydrogen (secondary N) is 1. The monoisotopic (exact) mass is 427 g/mol. The first-order valence-corrected chi connectivity index (χ1v) is 10.3. The maximum Gasteiger partial charge on any atom is 0.305 e. The summed E-state index contributed by atoms with van der Waals surface area (Å²) < 4.78 is 9.93. The summed E-state index contributed by atoms with van der Waals surface area (Å²) in [5.74, 6) is -1.73. The van der Waals surface area contributed by atoms with Crippen LogP contribution >= 0.6 is 0 Å². The van der Waals surface area contributed by atoms with Crippen molar-refractivity contribution in [3.8, 4) is 11.1 Å². The van der Waals surface area contributed by atoms with Crippen LogP contribution in [0, 0.1) is 0 Å². The molecule has 0 fully saturated rings. The third kappa shape index (κ3) is 9.44. The summed E-state index contributed by atoms with van der Waals surface area (Å²) in [4.78, 5) is 34.8. The zero-order chi connectivity index (χ0) is 22.5. The van der Waals surface area contributed by atoms with Crippen LogP contribution in [-0.4, -0.2) is 49.3 Å². The van der Waals surface area contributed by atoms with Crippen LogP contribution in [0.1, 0.15) is 31.2 Å². The fourth-order valence-corrected chi connectivity index (χ4v) is 3.10. The molecular formula is C24H29NO6. The molecule has 0 spiro atoms. The van der Waals surface area contributed by atoms with Gasteiger partial charge in [-0.05, 0) is 29.5 Å². The molecule has 2 N–H and O–H groups in total. The van der Waals surface area contributed by atoms with E-state index in [1.54, 1.807) is 0 Å². The van der Waals surface area contributed by atoms with Crippen molar-refractivity contribution in [2.24, 2.45) is 0 Å². The Balaban J connectivity index is 1.98. The van der Waals surface area contributed by atoms with Crippen LogP contribution in [0.3, 0.4) is 0 Å². The molecule has 166 valence electrons. The van der Waals surface area contributed by atoms with E-state index in [1.165, 1.54) is 7.11 Å². The van der Waals surface area contributed by atoms with Gasteiger partial charge in [-0.1, -0.05) is 54.6 Å². The van der Waals surface area contributed by atoms with E-state index in [0.717, 1.165) is 16.7 Å². The van der Waals surface area contributed by atoms with Crippen LogP contribution in [0.15, 0.2) is 54.6 Å². The van der Waals surface area contributed by atoms with Crippen LogP contribution < -0.4 is 5.32 Å². The van der Waals surface area contributed by atoms with Gasteiger partial charge in [0, 0.05) is 26.0 Å². The Morgan fingerprint density at radius 2 is 1.58 bits per heavy atom. The SMILES string of the molecule is COCCOC(=O)CC[C@@H](Cc1ccc(-c2ccccc2)cc1)NC(=O)CCC(=O)O. The second kappa shape index (κ2) is 13.2. The molecule has 0 radical (unpaired) electrons. The summed E-state index contributed by atoms with van der Waals surface area (Å²) in [6.45, 7) is 0.515. The number of carbonyl (C=O) groups is 3. The molecule has 7 nitrogen and oxygen atoms in total. The lowest BCUT2D eigenvalue weighted by Crippen LogP contribution is -2.37. The van der Waals surface area contributed by atoms with Crippen LogP contribution in [0.4, 0.5) is 0 Å². The lowest BCUT2D eigenvalue weighted by molar-refractivity contribution is -0.145. The van der Waals surface area contributed by atoms with E-state index in [4.69, 9.17) is 14.6 Å². The van der Waals surface area contributed by atoms with Crippen molar-refractivity contribution in [3.05, 3.63) is 60.2 Å². The van der Waals surface area contributed by atoms with Gasteiger partial charge in [-0.2, -0.15) is 0 Å². The normalized spacial score (nSPS) is 11.5. The summed E-state index contributed by atoms with van der Waals surface area (Å²) in [5, 5.41) is 11.6. The zero-order valence-corrected chi connectivity index (χ0v) is 17.7. The predicted molar refractivity (Wildman–Crippen MR) is 116 cm³/mol. The minimum atomic E-state index is -1.02. The predicted octanol–water partition coefficient (Wildman–Crippen LogP) is 3.22. The summed E-state index contributed by atoms with van der Waals surface area (Å²) in [6.07, 6.45) is 0.737. The Hall–Kier alpha value is -3.19. The van der Waals surface area contributed by atoms with Crippen LogP contribution in [0.2, 0.25) is 0 Å². The quantitative estimate of drug-likeness (QED) is 0.376. The first-order chi connectivity index (χ1) is 15.0. The van der Waals surface area contributed by atoms with Gasteiger partial charge in [-0.15, -0.1) is 0 Å². The summed E-state index contributed by atoms with van der Waals surface area (Å²) >= 11 is 0. The molecule has 1 amide bonds. The lowest BCUT2D eigenvalue weighted by Gasteiger charge is -2.19. The smallest absolute Gasteiger partial charge is 0.305 e. The molecule has 0 saturated heterocycles. The fourth-order valence-electron chi connectivity index (χ4n) is 3.10. The van der Waals surface area contributed by atoms with Gasteiger partial charge in [0.2, 0.25) is 5.91 Å². The molecule has 0 saturated carbocycles. The van der Waals surface area contributed by atoms with Gasteiger partial charge < -0.3 is 19.9 Å². The average molecular weight is 427 g/mol. The second-order valence-corrected chi connectivity index (χ2v) is 7.18. The standard InChI is InChI=1S/C24H29NO6/c1-30-15-16-31-24(29)14-11-21(25-22(26)12-13-23(27)28)17-18-7-9-20(10-8-18)19-5-3-2-4-6-19/h2-10,21H,11-17H2,1H3,(H,25,26)(H,27,28)/t21-/m0/s1. The van der Waals surface area contributed by atoms with Gasteiger partial charge in [-0.25, -0.2) is 0 Å². The highest BCUT2D eigenvalue weighted by atomic mass is 16.6. The third-order valence-corrected chi connectivity index (χ3v) is 4.72. The van der Waals surface area contributed by atoms with E-state index in [1.807, 2.05) is 54.6 Å². The molecule has 0 unspecified atom stereocenters. The first kappa shape index (κ1) is 24.1. The number of methoxy groups -OCH3 is 1. The number of rotatable bonds is 13. The molecule has 0 aliphatic heterocycles. The minimum Gasteiger partial charge on any atom is -0.481 e. The molecule has 0 bridgehead atoms. The number of carboxylic acid groups (broad SMARTS) is 1. The highest BCUT2D eigenvalue weighted by Gasteiger charge is 2.16. The molecule has 1 atom stereocenters. The molecule has 0 aliphatic rings. The molecule has 2 aromatic carbocycles. The number of aliphatic carboxylic acids is 1. The number of hydrogen-bond acceptors (Lipinski definition) is 5. The topological polar surface area (TPSA) is 102 Å². The van der Waals surface area contributed by atoms with Crippen molar-refractivity contribution < 1.29 is 29.0 Å². The Morgan fingerprint density at radius 1 is 0.903 bits per heavy atom. The summed E-state index contributed by atoms with van der Waals surface area (Å²) in [7, 11) is 1.53. The number of amides is 1. The number of hydrogen-bond donors (Lipinski definition) is 2. The number of carbonyl (C=O) groups excluding carboxylic acids is 2. The Labute approximate surface area is 182 Å². The second-order valence-electron chi connectivity index (χ2n) is 7.18. The van der Waals surface area contributed by atoms with Gasteiger partial charge in [0.15, 0.2) is 0 Å². The van der Waals surface area contributed by atoms with Crippen molar-refractivity contribution in [3.63, 3.8) is 0 Å². The summed E-state index contributed by atoms with van der Waals surface area (Å²) in [6, 6.07) is 17.7. The van der Waals surface area contributed by atoms with Crippen molar-refractivity contribution in [1.29, 1.82) is 0 Å². The van der Waals surface area contributed by atoms with Gasteiger partial charge in [0.05, 0.1) is 13.0 Å². The molecule has 2 aromatic rings. The minimum absolute atomic E-state index is 0.100. The van der Waals surface area contributed by atoms with Crippen molar-refractivity contribution in [2.75, 3.05) is 20.3 Å². The van der Waals surface area contributed by atoms with Crippen molar-refractivity contribution in [1.82, 2.24) is 5.32 Å². The molecule has 31 heavy (non-hydrogen) atoms. The molecule has 0 aromatic heterocycles. The van der Waals surface area contributed by atoms with Gasteiger partial charge in [0.25, 0.3) is 0 Å².